The first-order valence-electron chi connectivity index (χ1n) is 17.1. The summed E-state index contributed by atoms with van der Waals surface area (Å²) in [5.41, 5.74) is 0.658. The molecule has 53 heavy (non-hydrogen) atoms. The number of nitrogens with one attached hydrogen (secondary N) is 4. The summed E-state index contributed by atoms with van der Waals surface area (Å²) in [4.78, 5) is 102. The molecule has 278 valence electrons. The summed E-state index contributed by atoms with van der Waals surface area (Å²) in [6, 6.07) is 14.7. The van der Waals surface area contributed by atoms with Crippen LogP contribution in [0.5, 0.6) is 5.75 Å². The second-order valence-corrected chi connectivity index (χ2v) is 12.7. The van der Waals surface area contributed by atoms with E-state index in [0.717, 1.165) is 5.56 Å². The van der Waals surface area contributed by atoms with Crippen LogP contribution in [-0.4, -0.2) is 112 Å². The smallest absolute Gasteiger partial charge is 0.333 e. The maximum atomic E-state index is 14.0. The van der Waals surface area contributed by atoms with Crippen LogP contribution in [0.2, 0.25) is 0 Å². The van der Waals surface area contributed by atoms with Gasteiger partial charge < -0.3 is 40.9 Å². The molecule has 5 atom stereocenters. The minimum atomic E-state index is -1.62. The highest BCUT2D eigenvalue weighted by atomic mass is 16.5. The van der Waals surface area contributed by atoms with Gasteiger partial charge >= 0.3 is 5.97 Å². The number of carbonyl (C=O) groups is 7. The normalized spacial score (nSPS) is 23.7. The van der Waals surface area contributed by atoms with E-state index in [1.54, 1.807) is 54.6 Å². The lowest BCUT2D eigenvalue weighted by Crippen LogP contribution is -2.57. The second kappa shape index (κ2) is 17.3. The minimum Gasteiger partial charge on any atom is -0.505 e. The Kier molecular flexibility index (Phi) is 12.4. The van der Waals surface area contributed by atoms with Crippen LogP contribution in [0.25, 0.3) is 0 Å². The summed E-state index contributed by atoms with van der Waals surface area (Å²) in [6.07, 6.45) is 0.763. The summed E-state index contributed by atoms with van der Waals surface area (Å²) in [7, 11) is 1.45. The fraction of sp³-hybridized carbons (Fsp3) is 0.351. The van der Waals surface area contributed by atoms with Gasteiger partial charge in [-0.05, 0) is 43.0 Å². The Labute approximate surface area is 305 Å². The number of hydrogen-bond acceptors (Lipinski definition) is 10. The van der Waals surface area contributed by atoms with E-state index in [1.807, 2.05) is 6.07 Å². The molecule has 0 saturated carbocycles. The van der Waals surface area contributed by atoms with Crippen molar-refractivity contribution >= 4 is 41.4 Å². The number of aromatic nitrogens is 1. The van der Waals surface area contributed by atoms with Crippen molar-refractivity contribution in [2.45, 2.75) is 56.5 Å². The third kappa shape index (κ3) is 9.32. The van der Waals surface area contributed by atoms with E-state index in [1.165, 1.54) is 42.1 Å². The Morgan fingerprint density at radius 3 is 2.30 bits per heavy atom. The molecule has 5 N–H and O–H groups in total. The average molecular weight is 728 g/mol. The van der Waals surface area contributed by atoms with Gasteiger partial charge in [-0.3, -0.25) is 28.8 Å². The Morgan fingerprint density at radius 1 is 0.925 bits per heavy atom. The van der Waals surface area contributed by atoms with Gasteiger partial charge in [-0.25, -0.2) is 9.78 Å². The second-order valence-electron chi connectivity index (χ2n) is 12.7. The molecule has 2 aliphatic rings. The molecule has 2 saturated heterocycles. The molecule has 16 nitrogen and oxygen atoms in total. The van der Waals surface area contributed by atoms with Gasteiger partial charge in [0.05, 0.1) is 13.1 Å². The number of rotatable bonds is 5. The molecule has 1 aromatic heterocycles. The predicted octanol–water partition coefficient (Wildman–Crippen LogP) is -0.0185. The first-order valence-corrected chi connectivity index (χ1v) is 17.1. The van der Waals surface area contributed by atoms with Crippen molar-refractivity contribution in [2.75, 3.05) is 26.7 Å². The van der Waals surface area contributed by atoms with Gasteiger partial charge in [-0.15, -0.1) is 0 Å². The van der Waals surface area contributed by atoms with Crippen molar-refractivity contribution in [2.24, 2.45) is 0 Å². The van der Waals surface area contributed by atoms with E-state index in [2.05, 4.69) is 26.3 Å². The molecule has 0 radical (unpaired) electrons. The molecular formula is C37H41N7O9. The Bertz CT molecular complexity index is 1840. The van der Waals surface area contributed by atoms with Gasteiger partial charge in [0.2, 0.25) is 29.5 Å². The molecule has 2 aromatic carbocycles. The maximum absolute atomic E-state index is 14.0. The van der Waals surface area contributed by atoms with E-state index < -0.39 is 96.2 Å². The summed E-state index contributed by atoms with van der Waals surface area (Å²) in [6.45, 7) is 0.390. The number of aromatic hydroxyl groups is 1. The van der Waals surface area contributed by atoms with Crippen molar-refractivity contribution in [1.29, 1.82) is 0 Å². The predicted molar refractivity (Wildman–Crippen MR) is 187 cm³/mol. The fourth-order valence-corrected chi connectivity index (χ4v) is 6.25. The SMILES string of the molecule is C[C@H]1OC(=O)C(c2ccccc2)NC(=O)CNC(=O)[C@H](Cc2ccccc2)N(C)C(=O)[C@@H]2CCCN2C(=O)CNC(=O)[C@H]1NC(=O)c1ncccc1O. The zero-order valence-corrected chi connectivity index (χ0v) is 29.2. The van der Waals surface area contributed by atoms with Gasteiger partial charge in [0, 0.05) is 26.2 Å². The topological polar surface area (TPSA) is 216 Å². The molecule has 2 fully saturated rings. The van der Waals surface area contributed by atoms with Gasteiger partial charge in [0.15, 0.2) is 11.7 Å². The van der Waals surface area contributed by atoms with Gasteiger partial charge in [-0.2, -0.15) is 0 Å². The Balaban J connectivity index is 1.48. The number of carbonyl (C=O) groups excluding carboxylic acids is 7. The third-order valence-corrected chi connectivity index (χ3v) is 9.10. The van der Waals surface area contributed by atoms with Crippen LogP contribution in [0.3, 0.4) is 0 Å². The highest BCUT2D eigenvalue weighted by Crippen LogP contribution is 2.22. The summed E-state index contributed by atoms with van der Waals surface area (Å²) < 4.78 is 5.66. The van der Waals surface area contributed by atoms with Gasteiger partial charge in [-0.1, -0.05) is 60.7 Å². The Hall–Kier alpha value is -6.32. The number of benzene rings is 2. The van der Waals surface area contributed by atoms with Crippen molar-refractivity contribution < 1.29 is 43.4 Å². The zero-order valence-electron chi connectivity index (χ0n) is 29.2. The summed E-state index contributed by atoms with van der Waals surface area (Å²) in [5.74, 6) is -5.86. The zero-order chi connectivity index (χ0) is 38.1. The molecule has 5 rings (SSSR count). The number of amides is 6. The van der Waals surface area contributed by atoms with Crippen molar-refractivity contribution in [1.82, 2.24) is 36.1 Å². The summed E-state index contributed by atoms with van der Waals surface area (Å²) >= 11 is 0. The fourth-order valence-electron chi connectivity index (χ4n) is 6.25. The lowest BCUT2D eigenvalue weighted by molar-refractivity contribution is -0.155. The number of fused-ring (bicyclic) bond motifs is 1. The van der Waals surface area contributed by atoms with Crippen LogP contribution in [0, 0.1) is 0 Å². The first-order chi connectivity index (χ1) is 25.4. The molecule has 0 aliphatic carbocycles. The molecule has 3 heterocycles. The molecular weight excluding hydrogens is 686 g/mol. The molecule has 0 bridgehead atoms. The maximum Gasteiger partial charge on any atom is 0.333 e. The molecule has 2 aliphatic heterocycles. The van der Waals surface area contributed by atoms with E-state index in [4.69, 9.17) is 4.74 Å². The van der Waals surface area contributed by atoms with Crippen LogP contribution in [0.4, 0.5) is 0 Å². The van der Waals surface area contributed by atoms with Crippen molar-refractivity contribution in [3.8, 4) is 5.75 Å². The highest BCUT2D eigenvalue weighted by molar-refractivity contribution is 5.99. The quantitative estimate of drug-likeness (QED) is 0.222. The van der Waals surface area contributed by atoms with E-state index in [9.17, 15) is 38.7 Å². The standard InChI is InChI=1S/C37H41N7O9/c1-22-30(42-35(50)32-27(45)16-9-17-38-32)34(49)40-21-29(47)44-18-10-15-25(44)36(51)43(2)26(19-23-11-5-3-6-12-23)33(48)39-20-28(46)41-31(37(52)53-22)24-13-7-4-8-14-24/h3-9,11-14,16-17,22,25-26,30-31,45H,10,15,18-21H2,1-2H3,(H,39,48)(H,40,49)(H,41,46)(H,42,50)/t22-,25+,26+,30+,31?/m1/s1. The third-order valence-electron chi connectivity index (χ3n) is 9.10. The molecule has 0 spiro atoms. The number of nitrogens with zero attached hydrogens (tertiary/aromatic N) is 3. The lowest BCUT2D eigenvalue weighted by Gasteiger charge is -2.33. The van der Waals surface area contributed by atoms with Crippen LogP contribution in [0.15, 0.2) is 79.0 Å². The highest BCUT2D eigenvalue weighted by Gasteiger charge is 2.40. The number of ether oxygens (including phenoxy) is 1. The van der Waals surface area contributed by atoms with E-state index in [-0.39, 0.29) is 13.0 Å². The number of hydrogen-bond donors (Lipinski definition) is 5. The van der Waals surface area contributed by atoms with Gasteiger partial charge in [0.25, 0.3) is 5.91 Å². The number of cyclic esters (lactones) is 1. The van der Waals surface area contributed by atoms with E-state index >= 15 is 0 Å². The van der Waals surface area contributed by atoms with Crippen molar-refractivity contribution in [3.05, 3.63) is 95.8 Å². The average Bonchev–Trinajstić information content (AvgIpc) is 3.66. The largest absolute Gasteiger partial charge is 0.505 e. The number of likely N-dealkylation sites (N-methyl/N-ethyl adjacent to an activating group) is 1. The van der Waals surface area contributed by atoms with Crippen LogP contribution in [-0.2, 0) is 39.9 Å². The van der Waals surface area contributed by atoms with Crippen LogP contribution >= 0.6 is 0 Å². The Morgan fingerprint density at radius 2 is 1.60 bits per heavy atom. The molecule has 1 unspecified atom stereocenters. The van der Waals surface area contributed by atoms with E-state index in [0.29, 0.717) is 18.4 Å². The molecule has 3 aromatic rings. The van der Waals surface area contributed by atoms with Crippen LogP contribution < -0.4 is 21.3 Å². The number of pyridine rings is 1. The molecule has 6 amide bonds. The number of esters is 1. The van der Waals surface area contributed by atoms with Crippen LogP contribution in [0.1, 0.15) is 47.4 Å². The minimum absolute atomic E-state index is 0.105. The van der Waals surface area contributed by atoms with Crippen molar-refractivity contribution in [3.63, 3.8) is 0 Å². The monoisotopic (exact) mass is 727 g/mol. The lowest BCUT2D eigenvalue weighted by atomic mass is 10.0. The molecule has 16 heteroatoms. The first kappa shape index (κ1) is 37.9. The van der Waals surface area contributed by atoms with Gasteiger partial charge in [0.1, 0.15) is 30.0 Å². The summed E-state index contributed by atoms with van der Waals surface area (Å²) in [5, 5.41) is 20.2.